The largest absolute Gasteiger partial charge is 0.353 e. The Hall–Kier alpha value is -1.94. The summed E-state index contributed by atoms with van der Waals surface area (Å²) >= 11 is 6.10. The molecule has 0 aliphatic carbocycles. The number of hydrogen-bond acceptors (Lipinski definition) is 7. The average Bonchev–Trinajstić information content (AvgIpc) is 2.75. The fourth-order valence-corrected chi connectivity index (χ4v) is 5.56. The van der Waals surface area contributed by atoms with E-state index in [0.717, 1.165) is 37.8 Å². The van der Waals surface area contributed by atoms with Crippen LogP contribution in [0.3, 0.4) is 0 Å². The predicted octanol–water partition coefficient (Wildman–Crippen LogP) is 1.39. The second kappa shape index (κ2) is 8.43. The van der Waals surface area contributed by atoms with Crippen LogP contribution in [0.1, 0.15) is 0 Å². The first-order chi connectivity index (χ1) is 13.9. The third-order valence-corrected chi connectivity index (χ3v) is 7.88. The van der Waals surface area contributed by atoms with Crippen LogP contribution in [0.2, 0.25) is 5.02 Å². The van der Waals surface area contributed by atoms with Gasteiger partial charge < -0.3 is 14.7 Å². The molecule has 0 atom stereocenters. The number of anilines is 2. The van der Waals surface area contributed by atoms with Crippen molar-refractivity contribution in [2.24, 2.45) is 0 Å². The highest BCUT2D eigenvalue weighted by atomic mass is 35.5. The van der Waals surface area contributed by atoms with E-state index in [2.05, 4.69) is 31.9 Å². The van der Waals surface area contributed by atoms with Crippen LogP contribution in [-0.4, -0.2) is 87.2 Å². The van der Waals surface area contributed by atoms with Gasteiger partial charge in [-0.25, -0.2) is 8.42 Å². The van der Waals surface area contributed by atoms with E-state index in [1.165, 1.54) is 4.31 Å². The van der Waals surface area contributed by atoms with Crippen LogP contribution in [0, 0.1) is 0 Å². The third-order valence-electron chi connectivity index (χ3n) is 5.48. The van der Waals surface area contributed by atoms with Crippen molar-refractivity contribution >= 4 is 33.3 Å². The summed E-state index contributed by atoms with van der Waals surface area (Å²) in [7, 11) is -1.47. The van der Waals surface area contributed by atoms with Gasteiger partial charge in [0.2, 0.25) is 10.0 Å². The van der Waals surface area contributed by atoms with E-state index in [1.54, 1.807) is 24.3 Å². The van der Waals surface area contributed by atoms with Gasteiger partial charge in [-0.1, -0.05) is 23.7 Å². The normalized spacial score (nSPS) is 19.5. The number of halogens is 1. The van der Waals surface area contributed by atoms with Crippen molar-refractivity contribution in [1.29, 1.82) is 0 Å². The minimum absolute atomic E-state index is 0.159. The molecule has 29 heavy (non-hydrogen) atoms. The summed E-state index contributed by atoms with van der Waals surface area (Å²) in [6.45, 7) is 5.83. The van der Waals surface area contributed by atoms with E-state index in [-0.39, 0.29) is 9.92 Å². The molecule has 156 valence electrons. The monoisotopic (exact) mass is 436 g/mol. The molecule has 2 aliphatic rings. The minimum Gasteiger partial charge on any atom is -0.353 e. The Morgan fingerprint density at radius 2 is 1.31 bits per heavy atom. The molecule has 10 heteroatoms. The number of aromatic nitrogens is 2. The summed E-state index contributed by atoms with van der Waals surface area (Å²) in [6.07, 6.45) is 0. The van der Waals surface area contributed by atoms with Crippen molar-refractivity contribution in [3.8, 4) is 0 Å². The third kappa shape index (κ3) is 4.32. The molecule has 0 saturated carbocycles. The van der Waals surface area contributed by atoms with Crippen molar-refractivity contribution in [3.63, 3.8) is 0 Å². The van der Waals surface area contributed by atoms with Crippen LogP contribution in [0.5, 0.6) is 0 Å². The Kier molecular flexibility index (Phi) is 5.91. The molecule has 0 unspecified atom stereocenters. The summed E-state index contributed by atoms with van der Waals surface area (Å²) in [5, 5.41) is 9.03. The molecule has 2 aliphatic heterocycles. The highest BCUT2D eigenvalue weighted by Crippen LogP contribution is 2.26. The zero-order valence-corrected chi connectivity index (χ0v) is 18.0. The van der Waals surface area contributed by atoms with Crippen molar-refractivity contribution in [1.82, 2.24) is 19.4 Å². The quantitative estimate of drug-likeness (QED) is 0.717. The second-order valence-electron chi connectivity index (χ2n) is 7.36. The summed E-state index contributed by atoms with van der Waals surface area (Å²) in [5.74, 6) is 1.67. The summed E-state index contributed by atoms with van der Waals surface area (Å²) < 4.78 is 27.2. The predicted molar refractivity (Wildman–Crippen MR) is 114 cm³/mol. The molecule has 8 nitrogen and oxygen atoms in total. The lowest BCUT2D eigenvalue weighted by molar-refractivity contribution is 0.312. The number of piperazine rings is 2. The standard InChI is InChI=1S/C19H25ClN6O2S/c1-23-8-10-24(11-9-23)18-6-7-19(22-21-18)25-12-14-26(15-13-25)29(27,28)17-5-3-2-4-16(17)20/h2-7H,8-15H2,1H3. The number of rotatable bonds is 4. The van der Waals surface area contributed by atoms with Crippen LogP contribution in [0.15, 0.2) is 41.3 Å². The van der Waals surface area contributed by atoms with Crippen LogP contribution in [-0.2, 0) is 10.0 Å². The molecule has 0 amide bonds. The molecular formula is C19H25ClN6O2S. The molecule has 0 bridgehead atoms. The zero-order chi connectivity index (χ0) is 20.4. The molecule has 0 spiro atoms. The van der Waals surface area contributed by atoms with Crippen molar-refractivity contribution in [3.05, 3.63) is 41.4 Å². The van der Waals surface area contributed by atoms with E-state index < -0.39 is 10.0 Å². The van der Waals surface area contributed by atoms with Crippen LogP contribution in [0.25, 0.3) is 0 Å². The van der Waals surface area contributed by atoms with Gasteiger partial charge in [0.1, 0.15) is 4.90 Å². The van der Waals surface area contributed by atoms with Crippen LogP contribution in [0.4, 0.5) is 11.6 Å². The molecule has 2 saturated heterocycles. The Bertz CT molecular complexity index is 939. The van der Waals surface area contributed by atoms with Gasteiger partial charge in [0.15, 0.2) is 11.6 Å². The maximum Gasteiger partial charge on any atom is 0.244 e. The first-order valence-corrected chi connectivity index (χ1v) is 11.5. The summed E-state index contributed by atoms with van der Waals surface area (Å²) in [4.78, 5) is 6.77. The van der Waals surface area contributed by atoms with Gasteiger partial charge in [-0.05, 0) is 31.3 Å². The zero-order valence-electron chi connectivity index (χ0n) is 16.4. The maximum atomic E-state index is 12.9. The number of benzene rings is 1. The lowest BCUT2D eigenvalue weighted by Crippen LogP contribution is -2.49. The highest BCUT2D eigenvalue weighted by molar-refractivity contribution is 7.89. The Labute approximate surface area is 176 Å². The van der Waals surface area contributed by atoms with Crippen molar-refractivity contribution in [2.75, 3.05) is 69.2 Å². The number of sulfonamides is 1. The molecule has 4 rings (SSSR count). The molecule has 3 heterocycles. The Morgan fingerprint density at radius 3 is 1.83 bits per heavy atom. The smallest absolute Gasteiger partial charge is 0.244 e. The average molecular weight is 437 g/mol. The SMILES string of the molecule is CN1CCN(c2ccc(N3CCN(S(=O)(=O)c4ccccc4Cl)CC3)nn2)CC1. The molecule has 1 aromatic heterocycles. The number of nitrogens with zero attached hydrogens (tertiary/aromatic N) is 6. The highest BCUT2D eigenvalue weighted by Gasteiger charge is 2.30. The van der Waals surface area contributed by atoms with Gasteiger partial charge in [0.25, 0.3) is 0 Å². The first kappa shape index (κ1) is 20.3. The fraction of sp³-hybridized carbons (Fsp3) is 0.474. The van der Waals surface area contributed by atoms with Crippen molar-refractivity contribution < 1.29 is 8.42 Å². The molecule has 2 fully saturated rings. The molecule has 0 radical (unpaired) electrons. The van der Waals surface area contributed by atoms with Gasteiger partial charge >= 0.3 is 0 Å². The molecular weight excluding hydrogens is 412 g/mol. The molecule has 1 aromatic carbocycles. The summed E-state index contributed by atoms with van der Waals surface area (Å²) in [6, 6.07) is 10.5. The van der Waals surface area contributed by atoms with Gasteiger partial charge in [0, 0.05) is 52.4 Å². The Morgan fingerprint density at radius 1 is 0.793 bits per heavy atom. The maximum absolute atomic E-state index is 12.9. The van der Waals surface area contributed by atoms with E-state index in [1.807, 2.05) is 12.1 Å². The van der Waals surface area contributed by atoms with E-state index >= 15 is 0 Å². The van der Waals surface area contributed by atoms with Gasteiger partial charge in [-0.3, -0.25) is 0 Å². The van der Waals surface area contributed by atoms with Gasteiger partial charge in [-0.15, -0.1) is 10.2 Å². The summed E-state index contributed by atoms with van der Waals surface area (Å²) in [5.41, 5.74) is 0. The number of hydrogen-bond donors (Lipinski definition) is 0. The van der Waals surface area contributed by atoms with E-state index in [0.29, 0.717) is 26.2 Å². The van der Waals surface area contributed by atoms with E-state index in [9.17, 15) is 8.42 Å². The van der Waals surface area contributed by atoms with Crippen LogP contribution < -0.4 is 9.80 Å². The lowest BCUT2D eigenvalue weighted by atomic mass is 10.3. The lowest BCUT2D eigenvalue weighted by Gasteiger charge is -2.35. The molecule has 2 aromatic rings. The van der Waals surface area contributed by atoms with Gasteiger partial charge in [0.05, 0.1) is 5.02 Å². The Balaban J connectivity index is 1.39. The van der Waals surface area contributed by atoms with Crippen LogP contribution >= 0.6 is 11.6 Å². The topological polar surface area (TPSA) is 72.9 Å². The fourth-order valence-electron chi connectivity index (χ4n) is 3.64. The minimum atomic E-state index is -3.60. The van der Waals surface area contributed by atoms with Gasteiger partial charge in [-0.2, -0.15) is 4.31 Å². The molecule has 0 N–H and O–H groups in total. The second-order valence-corrected chi connectivity index (χ2v) is 9.68. The van der Waals surface area contributed by atoms with E-state index in [4.69, 9.17) is 11.6 Å². The first-order valence-electron chi connectivity index (χ1n) is 9.72. The van der Waals surface area contributed by atoms with Crippen molar-refractivity contribution in [2.45, 2.75) is 4.90 Å². The number of likely N-dealkylation sites (N-methyl/N-ethyl adjacent to an activating group) is 1.